The molecule has 5 saturated carbocycles. The van der Waals surface area contributed by atoms with E-state index in [1.54, 1.807) is 0 Å². The Kier molecular flexibility index (Phi) is 13.0. The lowest BCUT2D eigenvalue weighted by molar-refractivity contribution is -0.235. The number of esters is 2. The molecule has 1 aliphatic heterocycles. The number of ketones is 1. The molecule has 7 aliphatic rings. The number of likely N-dealkylation sites (tertiary alicyclic amines) is 1. The fourth-order valence-corrected chi connectivity index (χ4v) is 17.5. The van der Waals surface area contributed by atoms with Crippen LogP contribution in [0.4, 0.5) is 4.79 Å². The SMILES string of the molecule is Cc1nnc(C(C)C)n1C(C)CC1CCC(C)N1C(=O)N[C@@]12CC[C@]3(C)[C@H](CC[C@@H]4[C@@]5(C)CC[C@H](OC(=O)[C@H]6C[C@@H](C(=O)OCc7ccccc7)C6(C)C)C(C)(C)[C@@H]5CC[C@]43C)C1=C(C(C)C)C(=O)C2. The number of carbonyl (C=O) groups is 4. The summed E-state index contributed by atoms with van der Waals surface area (Å²) >= 11 is 0. The van der Waals surface area contributed by atoms with E-state index in [0.29, 0.717) is 24.7 Å². The van der Waals surface area contributed by atoms with E-state index in [-0.39, 0.29) is 106 Å². The predicted octanol–water partition coefficient (Wildman–Crippen LogP) is 12.3. The molecule has 9 rings (SSSR count). The fourth-order valence-electron chi connectivity index (χ4n) is 17.5. The van der Waals surface area contributed by atoms with Gasteiger partial charge in [-0.3, -0.25) is 14.4 Å². The molecule has 3 unspecified atom stereocenters. The van der Waals surface area contributed by atoms with E-state index in [1.807, 2.05) is 51.1 Å². The van der Waals surface area contributed by atoms with E-state index in [1.165, 1.54) is 5.57 Å². The minimum absolute atomic E-state index is 0.0136. The quantitative estimate of drug-likeness (QED) is 0.220. The molecule has 13 atom stereocenters. The average molecular weight is 962 g/mol. The first kappa shape index (κ1) is 50.9. The summed E-state index contributed by atoms with van der Waals surface area (Å²) in [6.07, 6.45) is 11.2. The molecule has 6 fully saturated rings. The first-order valence-corrected chi connectivity index (χ1v) is 27.5. The number of nitrogens with one attached hydrogen (secondary N) is 1. The number of aromatic nitrogens is 3. The number of rotatable bonds is 11. The number of ether oxygens (including phenoxy) is 2. The monoisotopic (exact) mass is 962 g/mol. The summed E-state index contributed by atoms with van der Waals surface area (Å²) in [6.45, 7) is 31.8. The number of fused-ring (bicyclic) bond motifs is 7. The topological polar surface area (TPSA) is 133 Å². The molecule has 1 N–H and O–H groups in total. The second-order valence-corrected chi connectivity index (χ2v) is 26.5. The van der Waals surface area contributed by atoms with Crippen molar-refractivity contribution in [3.8, 4) is 0 Å². The predicted molar refractivity (Wildman–Crippen MR) is 272 cm³/mol. The van der Waals surface area contributed by atoms with Crippen molar-refractivity contribution in [2.75, 3.05) is 0 Å². The van der Waals surface area contributed by atoms with Crippen molar-refractivity contribution in [1.82, 2.24) is 25.0 Å². The fraction of sp³-hybridized carbons (Fsp3) is 0.763. The summed E-state index contributed by atoms with van der Waals surface area (Å²) in [5, 5.41) is 12.7. The van der Waals surface area contributed by atoms with Gasteiger partial charge in [0.1, 0.15) is 24.4 Å². The smallest absolute Gasteiger partial charge is 0.318 e. The summed E-state index contributed by atoms with van der Waals surface area (Å²) < 4.78 is 14.6. The maximum atomic E-state index is 15.0. The first-order chi connectivity index (χ1) is 32.8. The van der Waals surface area contributed by atoms with Crippen molar-refractivity contribution in [1.29, 1.82) is 0 Å². The number of carbonyl (C=O) groups excluding carboxylic acids is 4. The van der Waals surface area contributed by atoms with Gasteiger partial charge in [-0.15, -0.1) is 10.2 Å². The summed E-state index contributed by atoms with van der Waals surface area (Å²) in [7, 11) is 0. The zero-order valence-corrected chi connectivity index (χ0v) is 45.4. The van der Waals surface area contributed by atoms with Crippen molar-refractivity contribution in [2.45, 2.75) is 223 Å². The van der Waals surface area contributed by atoms with Crippen molar-refractivity contribution < 1.29 is 28.7 Å². The van der Waals surface area contributed by atoms with E-state index in [0.717, 1.165) is 93.4 Å². The van der Waals surface area contributed by atoms with Gasteiger partial charge in [-0.2, -0.15) is 0 Å². The number of hydrogen-bond donors (Lipinski definition) is 1. The van der Waals surface area contributed by atoms with Crippen LogP contribution in [0, 0.1) is 69.5 Å². The van der Waals surface area contributed by atoms with Gasteiger partial charge in [0.25, 0.3) is 0 Å². The molecule has 11 nitrogen and oxygen atoms in total. The van der Waals surface area contributed by atoms with Crippen molar-refractivity contribution in [3.63, 3.8) is 0 Å². The highest BCUT2D eigenvalue weighted by atomic mass is 16.5. The molecule has 2 aromatic rings. The Hall–Kier alpha value is -4.02. The highest BCUT2D eigenvalue weighted by molar-refractivity contribution is 6.02. The Morgan fingerprint density at radius 1 is 0.771 bits per heavy atom. The lowest BCUT2D eigenvalue weighted by atomic mass is 9.33. The van der Waals surface area contributed by atoms with Gasteiger partial charge in [-0.05, 0) is 160 Å². The third-order valence-electron chi connectivity index (χ3n) is 21.5. The standard InChI is InChI=1S/C59H87N5O6/c1-34(2)48-44(65)32-59(60-53(68)64-36(5)20-21-40(64)30-37(6)63-38(7)61-62-50(63)35(3)4)29-28-57(13)41(49(48)59)22-23-46-56(12)26-25-47(55(10,11)45(56)24-27-58(46,57)14)70-52(67)43-31-42(54(43,8)9)51(66)69-33-39-18-16-15-17-19-39/h15-19,34-37,40-43,45-47H,20-33H2,1-14H3,(H,60,68)/t36?,37?,40?,41-,42+,43-,45+,46-,47+,56+,57-,58-,59-/m1/s1. The molecule has 1 aromatic heterocycles. The number of allylic oxidation sites excluding steroid dienone is 1. The number of nitrogens with zero attached hydrogens (tertiary/aromatic N) is 4. The lowest BCUT2D eigenvalue weighted by Gasteiger charge is -2.72. The molecule has 6 aliphatic carbocycles. The molecular formula is C59H87N5O6. The van der Waals surface area contributed by atoms with Crippen LogP contribution in [-0.4, -0.2) is 67.1 Å². The molecule has 384 valence electrons. The number of amides is 2. The van der Waals surface area contributed by atoms with Crippen molar-refractivity contribution in [3.05, 3.63) is 58.7 Å². The van der Waals surface area contributed by atoms with Crippen LogP contribution in [0.5, 0.6) is 0 Å². The second kappa shape index (κ2) is 17.9. The molecule has 0 radical (unpaired) electrons. The molecular weight excluding hydrogens is 875 g/mol. The molecule has 70 heavy (non-hydrogen) atoms. The maximum absolute atomic E-state index is 15.0. The van der Waals surface area contributed by atoms with Crippen LogP contribution in [0.15, 0.2) is 41.5 Å². The molecule has 1 aromatic carbocycles. The summed E-state index contributed by atoms with van der Waals surface area (Å²) in [4.78, 5) is 59.1. The van der Waals surface area contributed by atoms with Gasteiger partial charge < -0.3 is 24.3 Å². The minimum Gasteiger partial charge on any atom is -0.462 e. The van der Waals surface area contributed by atoms with Crippen LogP contribution in [0.3, 0.4) is 0 Å². The molecule has 2 amide bonds. The normalized spacial score (nSPS) is 37.8. The summed E-state index contributed by atoms with van der Waals surface area (Å²) in [5.74, 6) is 2.43. The first-order valence-electron chi connectivity index (χ1n) is 27.5. The van der Waals surface area contributed by atoms with Gasteiger partial charge in [0, 0.05) is 35.9 Å². The van der Waals surface area contributed by atoms with Crippen LogP contribution < -0.4 is 5.32 Å². The number of aryl methyl sites for hydroxylation is 1. The molecule has 1 saturated heterocycles. The summed E-state index contributed by atoms with van der Waals surface area (Å²) in [6, 6.07) is 10.0. The molecule has 2 heterocycles. The van der Waals surface area contributed by atoms with Crippen LogP contribution >= 0.6 is 0 Å². The number of Topliss-reactive ketones (excluding diaryl/α,β-unsaturated/α-hetero) is 1. The minimum atomic E-state index is -0.669. The second-order valence-electron chi connectivity index (χ2n) is 26.5. The van der Waals surface area contributed by atoms with Crippen molar-refractivity contribution in [2.24, 2.45) is 62.6 Å². The largest absolute Gasteiger partial charge is 0.462 e. The maximum Gasteiger partial charge on any atom is 0.318 e. The van der Waals surface area contributed by atoms with Crippen LogP contribution in [0.25, 0.3) is 0 Å². The molecule has 11 heteroatoms. The van der Waals surface area contributed by atoms with Gasteiger partial charge in [0.15, 0.2) is 5.78 Å². The number of urea groups is 1. The van der Waals surface area contributed by atoms with Crippen molar-refractivity contribution >= 4 is 23.8 Å². The Bertz CT molecular complexity index is 2400. The Balaban J connectivity index is 0.908. The van der Waals surface area contributed by atoms with Crippen LogP contribution in [0.1, 0.15) is 203 Å². The van der Waals surface area contributed by atoms with E-state index in [9.17, 15) is 14.4 Å². The van der Waals surface area contributed by atoms with Gasteiger partial charge >= 0.3 is 18.0 Å². The third kappa shape index (κ3) is 7.83. The highest BCUT2D eigenvalue weighted by Gasteiger charge is 2.71. The van der Waals surface area contributed by atoms with Gasteiger partial charge in [-0.25, -0.2) is 4.79 Å². The Labute approximate surface area is 419 Å². The number of benzene rings is 1. The van der Waals surface area contributed by atoms with E-state index >= 15 is 4.79 Å². The van der Waals surface area contributed by atoms with Crippen LogP contribution in [0.2, 0.25) is 0 Å². The Morgan fingerprint density at radius 2 is 1.47 bits per heavy atom. The zero-order chi connectivity index (χ0) is 50.7. The zero-order valence-electron chi connectivity index (χ0n) is 45.4. The van der Waals surface area contributed by atoms with Gasteiger partial charge in [0.2, 0.25) is 0 Å². The van der Waals surface area contributed by atoms with Gasteiger partial charge in [-0.1, -0.05) is 106 Å². The van der Waals surface area contributed by atoms with E-state index in [4.69, 9.17) is 9.47 Å². The van der Waals surface area contributed by atoms with E-state index < -0.39 is 11.0 Å². The van der Waals surface area contributed by atoms with E-state index in [2.05, 4.69) is 101 Å². The van der Waals surface area contributed by atoms with Crippen LogP contribution in [-0.2, 0) is 30.5 Å². The summed E-state index contributed by atoms with van der Waals surface area (Å²) in [5.41, 5.74) is 1.79. The average Bonchev–Trinajstić information content (AvgIpc) is 3.95. The Morgan fingerprint density at radius 3 is 2.14 bits per heavy atom. The molecule has 0 bridgehead atoms. The highest BCUT2D eigenvalue weighted by Crippen LogP contribution is 2.76. The van der Waals surface area contributed by atoms with Gasteiger partial charge in [0.05, 0.1) is 17.4 Å². The lowest BCUT2D eigenvalue weighted by Crippen LogP contribution is -2.68. The number of hydrogen-bond acceptors (Lipinski definition) is 8. The third-order valence-corrected chi connectivity index (χ3v) is 21.5. The molecule has 0 spiro atoms.